The maximum absolute atomic E-state index is 7.03. The van der Waals surface area contributed by atoms with Crippen molar-refractivity contribution in [3.63, 3.8) is 0 Å². The van der Waals surface area contributed by atoms with Gasteiger partial charge in [-0.25, -0.2) is 9.78 Å². The summed E-state index contributed by atoms with van der Waals surface area (Å²) in [6, 6.07) is 0. The number of fused-ring (bicyclic) bond motifs is 7. The van der Waals surface area contributed by atoms with E-state index in [9.17, 15) is 0 Å². The van der Waals surface area contributed by atoms with Crippen molar-refractivity contribution in [2.24, 2.45) is 70.0 Å². The summed E-state index contributed by atoms with van der Waals surface area (Å²) in [7, 11) is 0. The molecule has 9 aliphatic rings. The van der Waals surface area contributed by atoms with E-state index in [-0.39, 0.29) is 23.7 Å². The van der Waals surface area contributed by atoms with Gasteiger partial charge < -0.3 is 14.2 Å². The van der Waals surface area contributed by atoms with Crippen LogP contribution in [-0.4, -0.2) is 30.1 Å². The molecule has 0 radical (unpaired) electrons. The monoisotopic (exact) mass is 662 g/mol. The van der Waals surface area contributed by atoms with Crippen LogP contribution in [0.3, 0.4) is 0 Å². The van der Waals surface area contributed by atoms with Gasteiger partial charge >= 0.3 is 0 Å². The van der Waals surface area contributed by atoms with Gasteiger partial charge in [0.05, 0.1) is 6.10 Å². The highest BCUT2D eigenvalue weighted by molar-refractivity contribution is 5.39. The molecule has 4 saturated heterocycles. The minimum Gasteiger partial charge on any atom is -0.349 e. The van der Waals surface area contributed by atoms with E-state index in [1.54, 1.807) is 11.1 Å². The van der Waals surface area contributed by atoms with Gasteiger partial charge in [0, 0.05) is 18.3 Å². The van der Waals surface area contributed by atoms with Crippen molar-refractivity contribution in [3.05, 3.63) is 35.5 Å². The van der Waals surface area contributed by atoms with Crippen LogP contribution in [0.2, 0.25) is 0 Å². The van der Waals surface area contributed by atoms with Crippen LogP contribution in [-0.2, 0) is 24.0 Å². The first-order valence-corrected chi connectivity index (χ1v) is 20.2. The molecular weight excluding hydrogens is 596 g/mol. The Bertz CT molecular complexity index is 1330. The van der Waals surface area contributed by atoms with Gasteiger partial charge in [-0.1, -0.05) is 90.8 Å². The van der Waals surface area contributed by atoms with Crippen molar-refractivity contribution in [2.75, 3.05) is 0 Å². The van der Waals surface area contributed by atoms with Crippen LogP contribution in [0, 0.1) is 70.0 Å². The largest absolute Gasteiger partial charge is 0.349 e. The standard InChI is InChI=1S/C43H66O5/c1-25(2)26(3)10-11-27(4)33-16-17-36-32-14-13-30-24-31(18-21-40(30,7)37(32)19-22-41(33,36)8)44-38-29(6)35-15-12-28(5)34-20-23-42(9)46-39(45-38)43(34,35)48-47-42/h10-11,13-14,25-29,31,33-39H,12,15-24H2,1-9H3/b11-10+/t26-,27+,28+,29+,31?,33+,34?,35?,36?,37?,38?,39?,40-,41+,42?,43+/m0/s1. The molecule has 1 spiro atoms. The summed E-state index contributed by atoms with van der Waals surface area (Å²) in [5.41, 5.74) is 3.55. The molecule has 5 aliphatic carbocycles. The lowest BCUT2D eigenvalue weighted by atomic mass is 9.50. The number of ether oxygens (including phenoxy) is 3. The van der Waals surface area contributed by atoms with E-state index in [1.807, 2.05) is 6.92 Å². The summed E-state index contributed by atoms with van der Waals surface area (Å²) >= 11 is 0. The van der Waals surface area contributed by atoms with Crippen LogP contribution in [0.1, 0.15) is 133 Å². The quantitative estimate of drug-likeness (QED) is 0.209. The lowest BCUT2D eigenvalue weighted by Gasteiger charge is -2.60. The highest BCUT2D eigenvalue weighted by Gasteiger charge is 2.70. The van der Waals surface area contributed by atoms with E-state index in [4.69, 9.17) is 24.0 Å². The molecule has 8 unspecified atom stereocenters. The van der Waals surface area contributed by atoms with Gasteiger partial charge in [-0.3, -0.25) is 0 Å². The predicted octanol–water partition coefficient (Wildman–Crippen LogP) is 10.6. The first kappa shape index (κ1) is 34.1. The lowest BCUT2D eigenvalue weighted by Crippen LogP contribution is -2.70. The third-order valence-corrected chi connectivity index (χ3v) is 16.4. The molecule has 0 N–H and O–H groups in total. The minimum atomic E-state index is -0.747. The number of allylic oxidation sites excluding steroid dienone is 5. The predicted molar refractivity (Wildman–Crippen MR) is 189 cm³/mol. The molecule has 4 aliphatic heterocycles. The van der Waals surface area contributed by atoms with E-state index in [2.05, 4.69) is 79.7 Å². The zero-order valence-corrected chi connectivity index (χ0v) is 31.6. The first-order chi connectivity index (χ1) is 22.8. The van der Waals surface area contributed by atoms with Crippen LogP contribution in [0.25, 0.3) is 0 Å². The molecule has 5 heteroatoms. The highest BCUT2D eigenvalue weighted by Crippen LogP contribution is 2.66. The second-order valence-corrected chi connectivity index (χ2v) is 19.2. The van der Waals surface area contributed by atoms with Gasteiger partial charge in [0.25, 0.3) is 0 Å². The zero-order valence-electron chi connectivity index (χ0n) is 31.6. The molecule has 5 nitrogen and oxygen atoms in total. The van der Waals surface area contributed by atoms with Gasteiger partial charge in [0.2, 0.25) is 5.79 Å². The maximum atomic E-state index is 7.03. The summed E-state index contributed by atoms with van der Waals surface area (Å²) in [6.45, 7) is 21.5. The molecule has 0 aromatic carbocycles. The molecule has 16 atom stereocenters. The topological polar surface area (TPSA) is 46.2 Å². The van der Waals surface area contributed by atoms with Gasteiger partial charge in [0.15, 0.2) is 18.2 Å². The van der Waals surface area contributed by atoms with Crippen LogP contribution in [0.15, 0.2) is 35.5 Å². The Balaban J connectivity index is 0.980. The van der Waals surface area contributed by atoms with Crippen LogP contribution in [0.5, 0.6) is 0 Å². The molecule has 0 amide bonds. The summed E-state index contributed by atoms with van der Waals surface area (Å²) < 4.78 is 20.5. The fraction of sp³-hybridized carbons (Fsp3) is 0.860. The van der Waals surface area contributed by atoms with Crippen LogP contribution in [0.4, 0.5) is 0 Å². The van der Waals surface area contributed by atoms with E-state index in [0.717, 1.165) is 43.9 Å². The van der Waals surface area contributed by atoms with E-state index in [1.165, 1.54) is 38.5 Å². The minimum absolute atomic E-state index is 0.181. The van der Waals surface area contributed by atoms with Crippen LogP contribution < -0.4 is 0 Å². The zero-order chi connectivity index (χ0) is 33.8. The van der Waals surface area contributed by atoms with Crippen molar-refractivity contribution in [1.29, 1.82) is 0 Å². The summed E-state index contributed by atoms with van der Waals surface area (Å²) in [5.74, 6) is 4.95. The summed E-state index contributed by atoms with van der Waals surface area (Å²) in [4.78, 5) is 12.4. The first-order valence-electron chi connectivity index (χ1n) is 20.2. The average molecular weight is 663 g/mol. The Hall–Kier alpha value is -0.980. The lowest BCUT2D eigenvalue weighted by molar-refractivity contribution is -0.578. The fourth-order valence-corrected chi connectivity index (χ4v) is 12.9. The molecule has 48 heavy (non-hydrogen) atoms. The van der Waals surface area contributed by atoms with E-state index < -0.39 is 17.7 Å². The van der Waals surface area contributed by atoms with Crippen LogP contribution >= 0.6 is 0 Å². The molecule has 8 fully saturated rings. The number of hydrogen-bond acceptors (Lipinski definition) is 5. The molecule has 2 bridgehead atoms. The van der Waals surface area contributed by atoms with Crippen molar-refractivity contribution < 1.29 is 24.0 Å². The number of rotatable bonds is 6. The van der Waals surface area contributed by atoms with E-state index >= 15 is 0 Å². The average Bonchev–Trinajstić information content (AvgIpc) is 3.25. The van der Waals surface area contributed by atoms with Crippen molar-refractivity contribution >= 4 is 0 Å². The Morgan fingerprint density at radius 1 is 0.812 bits per heavy atom. The molecule has 9 rings (SSSR count). The van der Waals surface area contributed by atoms with Gasteiger partial charge in [-0.15, -0.1) is 0 Å². The molecule has 0 aromatic heterocycles. The Labute approximate surface area is 291 Å². The number of hydrogen-bond donors (Lipinski definition) is 0. The highest BCUT2D eigenvalue weighted by atomic mass is 17.3. The maximum Gasteiger partial charge on any atom is 0.201 e. The van der Waals surface area contributed by atoms with Gasteiger partial charge in [0.1, 0.15) is 0 Å². The third-order valence-electron chi connectivity index (χ3n) is 16.4. The fourth-order valence-electron chi connectivity index (χ4n) is 12.9. The molecular formula is C43H66O5. The Kier molecular flexibility index (Phi) is 8.56. The molecule has 0 aromatic rings. The third kappa shape index (κ3) is 5.08. The smallest absolute Gasteiger partial charge is 0.201 e. The SMILES string of the molecule is CC(C)[C@@H](C)/C=C/[C@@H](C)[C@H]1CCC2C3=CC=C4CC(OC5OC6OC7(C)CCC8[C@H](C)CCC([C@H]5C)[C@@]68OO7)CC[C@]4(C)C3CC[C@@]21C. The molecule has 268 valence electrons. The van der Waals surface area contributed by atoms with Crippen molar-refractivity contribution in [1.82, 2.24) is 0 Å². The molecule has 4 heterocycles. The normalized spacial score (nSPS) is 52.5. The van der Waals surface area contributed by atoms with Gasteiger partial charge in [-0.2, -0.15) is 0 Å². The Morgan fingerprint density at radius 3 is 2.42 bits per heavy atom. The Morgan fingerprint density at radius 2 is 1.62 bits per heavy atom. The van der Waals surface area contributed by atoms with Gasteiger partial charge in [-0.05, 0) is 129 Å². The second kappa shape index (κ2) is 12.0. The summed E-state index contributed by atoms with van der Waals surface area (Å²) in [6.07, 6.45) is 22.7. The summed E-state index contributed by atoms with van der Waals surface area (Å²) in [5, 5.41) is 0. The van der Waals surface area contributed by atoms with Crippen molar-refractivity contribution in [2.45, 2.75) is 163 Å². The van der Waals surface area contributed by atoms with Crippen molar-refractivity contribution in [3.8, 4) is 0 Å². The second-order valence-electron chi connectivity index (χ2n) is 19.2. The van der Waals surface area contributed by atoms with E-state index in [0.29, 0.717) is 46.8 Å². The molecule has 4 saturated carbocycles.